The lowest BCUT2D eigenvalue weighted by atomic mass is 10.0. The van der Waals surface area contributed by atoms with Gasteiger partial charge in [-0.2, -0.15) is 0 Å². The molecule has 0 heterocycles. The van der Waals surface area contributed by atoms with Gasteiger partial charge in [0.15, 0.2) is 0 Å². The maximum atomic E-state index is 14.4. The molecule has 0 saturated carbocycles. The first-order chi connectivity index (χ1) is 14.6. The molecule has 0 aliphatic rings. The largest absolute Gasteiger partial charge is 0.206 e. The van der Waals surface area contributed by atoms with Crippen molar-refractivity contribution in [2.75, 3.05) is 0 Å². The Morgan fingerprint density at radius 3 is 1.97 bits per heavy atom. The van der Waals surface area contributed by atoms with Crippen molar-refractivity contribution in [2.45, 2.75) is 33.1 Å². The van der Waals surface area contributed by atoms with E-state index in [4.69, 9.17) is 0 Å². The number of halogens is 1. The normalized spacial score (nSPS) is 10.6. The van der Waals surface area contributed by atoms with E-state index in [1.807, 2.05) is 37.3 Å². The smallest absolute Gasteiger partial charge is 0.134 e. The van der Waals surface area contributed by atoms with Gasteiger partial charge in [-0.05, 0) is 72.5 Å². The van der Waals surface area contributed by atoms with Crippen LogP contribution in [0, 0.1) is 24.6 Å². The molecule has 4 aromatic rings. The number of hydrogen-bond acceptors (Lipinski definition) is 0. The minimum atomic E-state index is -0.115. The summed E-state index contributed by atoms with van der Waals surface area (Å²) in [7, 11) is 0. The van der Waals surface area contributed by atoms with Crippen LogP contribution in [0.15, 0.2) is 78.9 Å². The predicted molar refractivity (Wildman–Crippen MR) is 124 cm³/mol. The molecule has 0 N–H and O–H groups in total. The average molecular weight is 393 g/mol. The first-order valence-electron chi connectivity index (χ1n) is 10.5. The molecule has 0 amide bonds. The zero-order valence-electron chi connectivity index (χ0n) is 17.5. The van der Waals surface area contributed by atoms with E-state index in [1.54, 1.807) is 0 Å². The van der Waals surface area contributed by atoms with E-state index in [0.29, 0.717) is 11.8 Å². The summed E-state index contributed by atoms with van der Waals surface area (Å²) in [6, 6.07) is 26.7. The molecular formula is C29H25F. The number of aryl methyl sites for hydroxylation is 4. The van der Waals surface area contributed by atoms with E-state index in [9.17, 15) is 4.39 Å². The predicted octanol–water partition coefficient (Wildman–Crippen LogP) is 7.03. The molecule has 1 heteroatoms. The molecule has 0 saturated heterocycles. The van der Waals surface area contributed by atoms with E-state index < -0.39 is 0 Å². The molecule has 0 atom stereocenters. The highest BCUT2D eigenvalue weighted by molar-refractivity contribution is 5.85. The number of fused-ring (bicyclic) bond motifs is 1. The molecule has 4 aromatic carbocycles. The molecule has 0 fully saturated rings. The Bertz CT molecular complexity index is 1220. The maximum absolute atomic E-state index is 14.4. The monoisotopic (exact) mass is 392 g/mol. The van der Waals surface area contributed by atoms with Crippen LogP contribution in [0.3, 0.4) is 0 Å². The Balaban J connectivity index is 1.45. The van der Waals surface area contributed by atoms with Gasteiger partial charge in [0, 0.05) is 16.5 Å². The van der Waals surface area contributed by atoms with Crippen LogP contribution in [-0.4, -0.2) is 0 Å². The summed E-state index contributed by atoms with van der Waals surface area (Å²) < 4.78 is 14.4. The fourth-order valence-corrected chi connectivity index (χ4v) is 3.63. The fourth-order valence-electron chi connectivity index (χ4n) is 3.63. The van der Waals surface area contributed by atoms with Crippen molar-refractivity contribution >= 4 is 10.8 Å². The van der Waals surface area contributed by atoms with Crippen LogP contribution in [0.1, 0.15) is 40.3 Å². The second-order valence-corrected chi connectivity index (χ2v) is 7.76. The molecule has 148 valence electrons. The number of rotatable bonds is 4. The molecule has 0 nitrogen and oxygen atoms in total. The molecule has 0 unspecified atom stereocenters. The van der Waals surface area contributed by atoms with Gasteiger partial charge in [0.1, 0.15) is 5.82 Å². The first-order valence-corrected chi connectivity index (χ1v) is 10.5. The van der Waals surface area contributed by atoms with Gasteiger partial charge in [-0.15, -0.1) is 0 Å². The van der Waals surface area contributed by atoms with Crippen LogP contribution in [-0.2, 0) is 19.3 Å². The third-order valence-electron chi connectivity index (χ3n) is 5.54. The van der Waals surface area contributed by atoms with E-state index in [1.165, 1.54) is 16.7 Å². The van der Waals surface area contributed by atoms with Crippen molar-refractivity contribution < 1.29 is 4.39 Å². The summed E-state index contributed by atoms with van der Waals surface area (Å²) in [5.41, 5.74) is 6.61. The van der Waals surface area contributed by atoms with E-state index >= 15 is 0 Å². The van der Waals surface area contributed by atoms with Gasteiger partial charge in [-0.3, -0.25) is 0 Å². The Kier molecular flexibility index (Phi) is 5.96. The third-order valence-corrected chi connectivity index (χ3v) is 5.54. The van der Waals surface area contributed by atoms with E-state index in [0.717, 1.165) is 34.9 Å². The maximum Gasteiger partial charge on any atom is 0.134 e. The Morgan fingerprint density at radius 1 is 0.700 bits per heavy atom. The molecule has 0 bridgehead atoms. The zero-order chi connectivity index (χ0) is 20.9. The van der Waals surface area contributed by atoms with Crippen LogP contribution in [0.25, 0.3) is 10.8 Å². The molecular weight excluding hydrogens is 367 g/mol. The lowest BCUT2D eigenvalue weighted by molar-refractivity contribution is 0.624. The van der Waals surface area contributed by atoms with Crippen molar-refractivity contribution in [1.29, 1.82) is 0 Å². The second kappa shape index (κ2) is 8.97. The minimum absolute atomic E-state index is 0.115. The number of benzene rings is 4. The fraction of sp³-hybridized carbons (Fsp3) is 0.172. The third kappa shape index (κ3) is 4.61. The molecule has 30 heavy (non-hydrogen) atoms. The van der Waals surface area contributed by atoms with E-state index in [-0.39, 0.29) is 5.82 Å². The Labute approximate surface area is 178 Å². The highest BCUT2D eigenvalue weighted by Gasteiger charge is 2.06. The van der Waals surface area contributed by atoms with Gasteiger partial charge in [0.05, 0.1) is 0 Å². The van der Waals surface area contributed by atoms with Crippen LogP contribution in [0.5, 0.6) is 0 Å². The van der Waals surface area contributed by atoms with E-state index in [2.05, 4.69) is 67.3 Å². The topological polar surface area (TPSA) is 0 Å². The standard InChI is InChI=1S/C29H25F/c1-3-26-17-18-27-20-25(16-19-28(27)29(26)30)15-14-24-12-10-23(11-13-24)9-8-22-6-4-21(2)5-7-22/h4-7,10-13,16-20H,3,8-9H2,1-2H3. The van der Waals surface area contributed by atoms with Crippen LogP contribution in [0.4, 0.5) is 4.39 Å². The molecule has 0 spiro atoms. The summed E-state index contributed by atoms with van der Waals surface area (Å²) in [5, 5.41) is 1.56. The van der Waals surface area contributed by atoms with Gasteiger partial charge in [-0.1, -0.05) is 78.9 Å². The summed E-state index contributed by atoms with van der Waals surface area (Å²) in [6.07, 6.45) is 2.76. The lowest BCUT2D eigenvalue weighted by Crippen LogP contribution is -1.91. The van der Waals surface area contributed by atoms with Crippen LogP contribution < -0.4 is 0 Å². The summed E-state index contributed by atoms with van der Waals surface area (Å²) >= 11 is 0. The van der Waals surface area contributed by atoms with Crippen molar-refractivity contribution in [3.05, 3.63) is 118 Å². The highest BCUT2D eigenvalue weighted by Crippen LogP contribution is 2.22. The SMILES string of the molecule is CCc1ccc2cc(C#Cc3ccc(CCc4ccc(C)cc4)cc3)ccc2c1F. The van der Waals surface area contributed by atoms with Gasteiger partial charge >= 0.3 is 0 Å². The minimum Gasteiger partial charge on any atom is -0.206 e. The molecule has 0 aromatic heterocycles. The van der Waals surface area contributed by atoms with Crippen LogP contribution >= 0.6 is 0 Å². The average Bonchev–Trinajstić information content (AvgIpc) is 2.78. The van der Waals surface area contributed by atoms with Gasteiger partial charge in [0.25, 0.3) is 0 Å². The first kappa shape index (κ1) is 19.9. The zero-order valence-corrected chi connectivity index (χ0v) is 17.5. The van der Waals surface area contributed by atoms with Gasteiger partial charge < -0.3 is 0 Å². The van der Waals surface area contributed by atoms with Gasteiger partial charge in [0.2, 0.25) is 0 Å². The summed E-state index contributed by atoms with van der Waals surface area (Å²) in [6.45, 7) is 4.08. The summed E-state index contributed by atoms with van der Waals surface area (Å²) in [4.78, 5) is 0. The summed E-state index contributed by atoms with van der Waals surface area (Å²) in [5.74, 6) is 6.32. The molecule has 0 aliphatic heterocycles. The molecule has 4 rings (SSSR count). The molecule has 0 radical (unpaired) electrons. The van der Waals surface area contributed by atoms with Crippen molar-refractivity contribution in [1.82, 2.24) is 0 Å². The van der Waals surface area contributed by atoms with Gasteiger partial charge in [-0.25, -0.2) is 4.39 Å². The van der Waals surface area contributed by atoms with Crippen molar-refractivity contribution in [3.63, 3.8) is 0 Å². The van der Waals surface area contributed by atoms with Crippen molar-refractivity contribution in [2.24, 2.45) is 0 Å². The lowest BCUT2D eigenvalue weighted by Gasteiger charge is -2.05. The van der Waals surface area contributed by atoms with Crippen molar-refractivity contribution in [3.8, 4) is 11.8 Å². The quantitative estimate of drug-likeness (QED) is 0.327. The second-order valence-electron chi connectivity index (χ2n) is 7.76. The highest BCUT2D eigenvalue weighted by atomic mass is 19.1. The number of hydrogen-bond donors (Lipinski definition) is 0. The molecule has 0 aliphatic carbocycles. The van der Waals surface area contributed by atoms with Crippen LogP contribution in [0.2, 0.25) is 0 Å². The Morgan fingerprint density at radius 2 is 1.30 bits per heavy atom. The Hall–Kier alpha value is -3.37.